The number of hydrogen-bond donors (Lipinski definition) is 0. The molecule has 2 heterocycles. The molecule has 0 aliphatic rings. The molecule has 0 spiro atoms. The molecule has 25 heavy (non-hydrogen) atoms. The Bertz CT molecular complexity index is 1090. The molecule has 0 N–H and O–H groups in total. The number of hydrogen-bond acceptors (Lipinski definition) is 1. The molecule has 4 aromatic rings. The zero-order chi connectivity index (χ0) is 17.2. The molecule has 2 nitrogen and oxygen atoms in total. The van der Waals surface area contributed by atoms with E-state index in [2.05, 4.69) is 22.6 Å². The van der Waals surface area contributed by atoms with Gasteiger partial charge in [-0.05, 0) is 29.3 Å². The number of fused-ring (bicyclic) bond motifs is 1. The molecule has 0 aliphatic heterocycles. The fourth-order valence-electron chi connectivity index (χ4n) is 3.30. The minimum atomic E-state index is 0.620. The van der Waals surface area contributed by atoms with Crippen LogP contribution in [0.15, 0.2) is 79.0 Å². The summed E-state index contributed by atoms with van der Waals surface area (Å²) in [5.41, 5.74) is 5.80. The van der Waals surface area contributed by atoms with Crippen LogP contribution in [0.1, 0.15) is 16.7 Å². The van der Waals surface area contributed by atoms with E-state index in [1.165, 1.54) is 0 Å². The summed E-state index contributed by atoms with van der Waals surface area (Å²) in [6.07, 6.45) is 2.63. The van der Waals surface area contributed by atoms with Gasteiger partial charge in [0.2, 0.25) is 0 Å². The van der Waals surface area contributed by atoms with E-state index in [1.807, 2.05) is 66.9 Å². The number of halogens is 1. The Balaban J connectivity index is 2.02. The third kappa shape index (κ3) is 2.69. The first kappa shape index (κ1) is 15.5. The van der Waals surface area contributed by atoms with E-state index in [-0.39, 0.29) is 0 Å². The molecule has 0 radical (unpaired) electrons. The monoisotopic (exact) mass is 342 g/mol. The van der Waals surface area contributed by atoms with Gasteiger partial charge in [-0.15, -0.1) is 0 Å². The van der Waals surface area contributed by atoms with Gasteiger partial charge in [0.05, 0.1) is 16.8 Å². The van der Waals surface area contributed by atoms with Crippen molar-refractivity contribution in [3.63, 3.8) is 0 Å². The van der Waals surface area contributed by atoms with Crippen molar-refractivity contribution < 1.29 is 0 Å². The molecule has 0 saturated heterocycles. The highest BCUT2D eigenvalue weighted by Gasteiger charge is 2.20. The van der Waals surface area contributed by atoms with Crippen molar-refractivity contribution in [2.45, 2.75) is 6.42 Å². The number of pyridine rings is 1. The van der Waals surface area contributed by atoms with E-state index in [4.69, 9.17) is 11.6 Å². The quantitative estimate of drug-likeness (QED) is 0.468. The van der Waals surface area contributed by atoms with E-state index in [1.54, 1.807) is 0 Å². The van der Waals surface area contributed by atoms with Crippen molar-refractivity contribution in [3.05, 3.63) is 101 Å². The summed E-state index contributed by atoms with van der Waals surface area (Å²) < 4.78 is 2.10. The van der Waals surface area contributed by atoms with Crippen molar-refractivity contribution in [2.24, 2.45) is 0 Å². The molecule has 0 fully saturated rings. The first-order chi connectivity index (χ1) is 12.3. The summed E-state index contributed by atoms with van der Waals surface area (Å²) in [6, 6.07) is 26.3. The SMILES string of the molecule is N#Cc1c(Cc2ccccc2Cl)c(-c2ccccc2)n2ccccc12. The van der Waals surface area contributed by atoms with Crippen LogP contribution in [0, 0.1) is 11.3 Å². The predicted octanol–water partition coefficient (Wildman–Crippen LogP) is 5.72. The van der Waals surface area contributed by atoms with Crippen LogP contribution >= 0.6 is 11.6 Å². The third-order valence-corrected chi connectivity index (χ3v) is 4.80. The molecular weight excluding hydrogens is 328 g/mol. The second kappa shape index (κ2) is 6.47. The number of nitriles is 1. The van der Waals surface area contributed by atoms with Gasteiger partial charge in [0.25, 0.3) is 0 Å². The van der Waals surface area contributed by atoms with E-state index >= 15 is 0 Å². The second-order valence-electron chi connectivity index (χ2n) is 5.90. The van der Waals surface area contributed by atoms with Crippen molar-refractivity contribution >= 4 is 17.1 Å². The summed E-state index contributed by atoms with van der Waals surface area (Å²) in [4.78, 5) is 0. The Hall–Kier alpha value is -3.02. The zero-order valence-corrected chi connectivity index (χ0v) is 14.2. The molecule has 0 atom stereocenters. The van der Waals surface area contributed by atoms with Gasteiger partial charge in [0, 0.05) is 23.2 Å². The summed E-state index contributed by atoms with van der Waals surface area (Å²) in [5, 5.41) is 10.6. The van der Waals surface area contributed by atoms with Gasteiger partial charge in [-0.3, -0.25) is 0 Å². The standard InChI is InChI=1S/C22H15ClN2/c23-20-11-5-4-10-17(20)14-18-19(15-24)21-12-6-7-13-25(21)22(18)16-8-2-1-3-9-16/h1-13H,14H2. The van der Waals surface area contributed by atoms with Gasteiger partial charge >= 0.3 is 0 Å². The first-order valence-corrected chi connectivity index (χ1v) is 8.48. The van der Waals surface area contributed by atoms with Gasteiger partial charge in [-0.2, -0.15) is 5.26 Å². The number of nitrogens with zero attached hydrogens (tertiary/aromatic N) is 2. The fraction of sp³-hybridized carbons (Fsp3) is 0.0455. The second-order valence-corrected chi connectivity index (χ2v) is 6.31. The molecule has 4 rings (SSSR count). The maximum atomic E-state index is 9.83. The molecule has 0 aliphatic carbocycles. The van der Waals surface area contributed by atoms with Crippen molar-refractivity contribution in [3.8, 4) is 17.3 Å². The molecule has 0 bridgehead atoms. The fourth-order valence-corrected chi connectivity index (χ4v) is 3.50. The van der Waals surface area contributed by atoms with Crippen LogP contribution in [0.5, 0.6) is 0 Å². The molecule has 3 heteroatoms. The van der Waals surface area contributed by atoms with Crippen LogP contribution in [0.3, 0.4) is 0 Å². The van der Waals surface area contributed by atoms with Crippen LogP contribution in [0.4, 0.5) is 0 Å². The van der Waals surface area contributed by atoms with Gasteiger partial charge in [0.1, 0.15) is 6.07 Å². The van der Waals surface area contributed by atoms with Crippen molar-refractivity contribution in [1.29, 1.82) is 5.26 Å². The minimum absolute atomic E-state index is 0.620. The molecule has 0 unspecified atom stereocenters. The first-order valence-electron chi connectivity index (χ1n) is 8.10. The van der Waals surface area contributed by atoms with Gasteiger partial charge in [0.15, 0.2) is 0 Å². The lowest BCUT2D eigenvalue weighted by Gasteiger charge is -2.08. The average molecular weight is 343 g/mol. The van der Waals surface area contributed by atoms with Crippen LogP contribution < -0.4 is 0 Å². The summed E-state index contributed by atoms with van der Waals surface area (Å²) in [6.45, 7) is 0. The summed E-state index contributed by atoms with van der Waals surface area (Å²) >= 11 is 6.38. The molecule has 0 saturated carbocycles. The molecule has 0 amide bonds. The van der Waals surface area contributed by atoms with Crippen molar-refractivity contribution in [2.75, 3.05) is 0 Å². The smallest absolute Gasteiger partial charge is 0.102 e. The minimum Gasteiger partial charge on any atom is -0.315 e. The highest BCUT2D eigenvalue weighted by atomic mass is 35.5. The lowest BCUT2D eigenvalue weighted by Crippen LogP contribution is -1.94. The van der Waals surface area contributed by atoms with Crippen LogP contribution in [-0.2, 0) is 6.42 Å². The Morgan fingerprint density at radius 2 is 1.60 bits per heavy atom. The Labute approximate surface area is 151 Å². The highest BCUT2D eigenvalue weighted by molar-refractivity contribution is 6.31. The van der Waals surface area contributed by atoms with Gasteiger partial charge in [-0.25, -0.2) is 0 Å². The maximum Gasteiger partial charge on any atom is 0.102 e. The normalized spacial score (nSPS) is 10.7. The Morgan fingerprint density at radius 3 is 2.36 bits per heavy atom. The lowest BCUT2D eigenvalue weighted by molar-refractivity contribution is 1.15. The number of benzene rings is 2. The van der Waals surface area contributed by atoms with E-state index in [9.17, 15) is 5.26 Å². The predicted molar refractivity (Wildman–Crippen MR) is 102 cm³/mol. The highest BCUT2D eigenvalue weighted by Crippen LogP contribution is 2.34. The average Bonchev–Trinajstić information content (AvgIpc) is 2.97. The van der Waals surface area contributed by atoms with Crippen molar-refractivity contribution in [1.82, 2.24) is 4.40 Å². The number of rotatable bonds is 3. The van der Waals surface area contributed by atoms with Crippen LogP contribution in [-0.4, -0.2) is 4.40 Å². The van der Waals surface area contributed by atoms with E-state index in [0.29, 0.717) is 12.0 Å². The number of aromatic nitrogens is 1. The third-order valence-electron chi connectivity index (χ3n) is 4.43. The molecule has 2 aromatic heterocycles. The molecule has 2 aromatic carbocycles. The van der Waals surface area contributed by atoms with E-state index < -0.39 is 0 Å². The summed E-state index contributed by atoms with van der Waals surface area (Å²) in [7, 11) is 0. The Morgan fingerprint density at radius 1 is 0.880 bits per heavy atom. The summed E-state index contributed by atoms with van der Waals surface area (Å²) in [5.74, 6) is 0. The van der Waals surface area contributed by atoms with Crippen LogP contribution in [0.25, 0.3) is 16.8 Å². The van der Waals surface area contributed by atoms with E-state index in [0.717, 1.165) is 32.9 Å². The Kier molecular flexibility index (Phi) is 4.01. The maximum absolute atomic E-state index is 9.83. The van der Waals surface area contributed by atoms with Crippen LogP contribution in [0.2, 0.25) is 5.02 Å². The van der Waals surface area contributed by atoms with Gasteiger partial charge in [-0.1, -0.05) is 66.2 Å². The molecule has 120 valence electrons. The lowest BCUT2D eigenvalue weighted by atomic mass is 9.98. The molecular formula is C22H15ClN2. The zero-order valence-electron chi connectivity index (χ0n) is 13.5. The topological polar surface area (TPSA) is 28.2 Å². The largest absolute Gasteiger partial charge is 0.315 e. The van der Waals surface area contributed by atoms with Gasteiger partial charge < -0.3 is 4.40 Å².